The molecule has 0 spiro atoms. The lowest BCUT2D eigenvalue weighted by Crippen LogP contribution is -2.15. The summed E-state index contributed by atoms with van der Waals surface area (Å²) in [6.45, 7) is 0.188. The summed E-state index contributed by atoms with van der Waals surface area (Å²) in [6, 6.07) is 3.42. The number of sulfone groups is 1. The predicted molar refractivity (Wildman–Crippen MR) is 69.1 cm³/mol. The average molecular weight is 284 g/mol. The van der Waals surface area contributed by atoms with Crippen molar-refractivity contribution in [2.24, 2.45) is 5.73 Å². The Morgan fingerprint density at radius 1 is 1.42 bits per heavy atom. The largest absolute Gasteiger partial charge is 0.342 e. The summed E-state index contributed by atoms with van der Waals surface area (Å²) in [5.41, 5.74) is 5.44. The molecule has 0 radical (unpaired) electrons. The molecule has 0 unspecified atom stereocenters. The van der Waals surface area contributed by atoms with E-state index in [1.807, 2.05) is 29.1 Å². The first-order chi connectivity index (χ1) is 8.99. The third-order valence-electron chi connectivity index (χ3n) is 2.70. The normalized spacial score (nSPS) is 13.6. The van der Waals surface area contributed by atoms with Gasteiger partial charge in [-0.15, -0.1) is 0 Å². The Bertz CT molecular complexity index is 618. The number of hydrogen-bond acceptors (Lipinski definition) is 6. The van der Waals surface area contributed by atoms with Gasteiger partial charge in [0.2, 0.25) is 5.89 Å². The Balaban J connectivity index is 2.24. The van der Waals surface area contributed by atoms with Crippen LogP contribution in [0.1, 0.15) is 24.2 Å². The first kappa shape index (κ1) is 13.8. The fourth-order valence-electron chi connectivity index (χ4n) is 1.77. The second kappa shape index (κ2) is 5.54. The minimum Gasteiger partial charge on any atom is -0.342 e. The Labute approximate surface area is 111 Å². The lowest BCUT2D eigenvalue weighted by molar-refractivity contribution is 0.330. The number of aromatic nitrogens is 3. The van der Waals surface area contributed by atoms with Gasteiger partial charge in [-0.3, -0.25) is 0 Å². The van der Waals surface area contributed by atoms with E-state index in [4.69, 9.17) is 10.3 Å². The quantitative estimate of drug-likeness (QED) is 0.821. The van der Waals surface area contributed by atoms with E-state index in [1.165, 1.54) is 6.26 Å². The maximum Gasteiger partial charge on any atom is 0.249 e. The van der Waals surface area contributed by atoms with Crippen molar-refractivity contribution in [2.75, 3.05) is 12.0 Å². The van der Waals surface area contributed by atoms with Crippen molar-refractivity contribution in [3.8, 4) is 0 Å². The molecule has 0 fully saturated rings. The Kier molecular flexibility index (Phi) is 4.01. The first-order valence-electron chi connectivity index (χ1n) is 5.82. The maximum atomic E-state index is 11.3. The number of rotatable bonds is 6. The van der Waals surface area contributed by atoms with Crippen LogP contribution >= 0.6 is 0 Å². The molecule has 2 aromatic rings. The van der Waals surface area contributed by atoms with Crippen LogP contribution in [0.2, 0.25) is 0 Å². The van der Waals surface area contributed by atoms with Gasteiger partial charge in [-0.2, -0.15) is 4.98 Å². The third-order valence-corrected chi connectivity index (χ3v) is 3.68. The van der Waals surface area contributed by atoms with E-state index in [1.54, 1.807) is 0 Å². The lowest BCUT2D eigenvalue weighted by Gasteiger charge is -2.14. The fourth-order valence-corrected chi connectivity index (χ4v) is 2.42. The van der Waals surface area contributed by atoms with Crippen LogP contribution in [-0.4, -0.2) is 35.1 Å². The van der Waals surface area contributed by atoms with Crippen molar-refractivity contribution in [3.63, 3.8) is 0 Å². The van der Waals surface area contributed by atoms with Crippen LogP contribution in [0.15, 0.2) is 29.0 Å². The highest BCUT2D eigenvalue weighted by atomic mass is 32.2. The SMILES string of the molecule is CS(=O)(=O)CC[C@@H](c1nc(CN)no1)n1cccc1. The van der Waals surface area contributed by atoms with Gasteiger partial charge in [-0.1, -0.05) is 5.16 Å². The fraction of sp³-hybridized carbons (Fsp3) is 0.455. The molecule has 0 bridgehead atoms. The van der Waals surface area contributed by atoms with E-state index in [0.29, 0.717) is 18.1 Å². The molecule has 2 aromatic heterocycles. The van der Waals surface area contributed by atoms with Crippen molar-refractivity contribution in [3.05, 3.63) is 36.2 Å². The van der Waals surface area contributed by atoms with Gasteiger partial charge in [0.05, 0.1) is 12.3 Å². The molecule has 2 N–H and O–H groups in total. The summed E-state index contributed by atoms with van der Waals surface area (Å²) in [5, 5.41) is 3.74. The molecule has 2 heterocycles. The van der Waals surface area contributed by atoms with E-state index < -0.39 is 9.84 Å². The molecule has 0 amide bonds. The molecule has 0 aliphatic carbocycles. The minimum absolute atomic E-state index is 0.0518. The molecular weight excluding hydrogens is 268 g/mol. The van der Waals surface area contributed by atoms with E-state index in [0.717, 1.165) is 0 Å². The monoisotopic (exact) mass is 284 g/mol. The van der Waals surface area contributed by atoms with E-state index in [2.05, 4.69) is 10.1 Å². The highest BCUT2D eigenvalue weighted by molar-refractivity contribution is 7.90. The van der Waals surface area contributed by atoms with Crippen LogP contribution in [0.5, 0.6) is 0 Å². The smallest absolute Gasteiger partial charge is 0.249 e. The maximum absolute atomic E-state index is 11.3. The van der Waals surface area contributed by atoms with Crippen molar-refractivity contribution < 1.29 is 12.9 Å². The highest BCUT2D eigenvalue weighted by Gasteiger charge is 2.21. The summed E-state index contributed by atoms with van der Waals surface area (Å²) in [6.07, 6.45) is 5.25. The van der Waals surface area contributed by atoms with Crippen molar-refractivity contribution in [1.82, 2.24) is 14.7 Å². The molecule has 0 saturated carbocycles. The van der Waals surface area contributed by atoms with Crippen LogP contribution in [-0.2, 0) is 16.4 Å². The Hall–Kier alpha value is -1.67. The molecule has 2 rings (SSSR count). The van der Waals surface area contributed by atoms with Crippen molar-refractivity contribution >= 4 is 9.84 Å². The van der Waals surface area contributed by atoms with Crippen LogP contribution in [0.3, 0.4) is 0 Å². The zero-order valence-corrected chi connectivity index (χ0v) is 11.4. The number of nitrogens with zero attached hydrogens (tertiary/aromatic N) is 3. The molecule has 0 aromatic carbocycles. The molecule has 19 heavy (non-hydrogen) atoms. The number of nitrogens with two attached hydrogens (primary N) is 1. The van der Waals surface area contributed by atoms with Crippen LogP contribution in [0.25, 0.3) is 0 Å². The first-order valence-corrected chi connectivity index (χ1v) is 7.88. The summed E-state index contributed by atoms with van der Waals surface area (Å²) in [5.74, 6) is 0.836. The molecule has 0 saturated heterocycles. The van der Waals surface area contributed by atoms with E-state index >= 15 is 0 Å². The van der Waals surface area contributed by atoms with Gasteiger partial charge in [0.15, 0.2) is 5.82 Å². The van der Waals surface area contributed by atoms with Gasteiger partial charge in [0, 0.05) is 18.6 Å². The molecule has 8 heteroatoms. The van der Waals surface area contributed by atoms with Crippen LogP contribution < -0.4 is 5.73 Å². The van der Waals surface area contributed by atoms with E-state index in [9.17, 15) is 8.42 Å². The second-order valence-electron chi connectivity index (χ2n) is 4.32. The molecular formula is C11H16N4O3S. The molecule has 0 aliphatic heterocycles. The number of hydrogen-bond donors (Lipinski definition) is 1. The Morgan fingerprint density at radius 2 is 2.11 bits per heavy atom. The van der Waals surface area contributed by atoms with Gasteiger partial charge in [-0.05, 0) is 18.6 Å². The molecule has 1 atom stereocenters. The second-order valence-corrected chi connectivity index (χ2v) is 6.58. The zero-order chi connectivity index (χ0) is 13.9. The topological polar surface area (TPSA) is 104 Å². The third kappa shape index (κ3) is 3.65. The zero-order valence-electron chi connectivity index (χ0n) is 10.6. The summed E-state index contributed by atoms with van der Waals surface area (Å²) >= 11 is 0. The summed E-state index contributed by atoms with van der Waals surface area (Å²) in [4.78, 5) is 4.17. The van der Waals surface area contributed by atoms with Gasteiger partial charge < -0.3 is 14.8 Å². The van der Waals surface area contributed by atoms with Crippen molar-refractivity contribution in [2.45, 2.75) is 19.0 Å². The molecule has 104 valence electrons. The Morgan fingerprint density at radius 3 is 2.63 bits per heavy atom. The average Bonchev–Trinajstić information content (AvgIpc) is 2.98. The van der Waals surface area contributed by atoms with Gasteiger partial charge in [0.1, 0.15) is 15.9 Å². The van der Waals surface area contributed by atoms with E-state index in [-0.39, 0.29) is 18.3 Å². The predicted octanol–water partition coefficient (Wildman–Crippen LogP) is 0.354. The van der Waals surface area contributed by atoms with Crippen LogP contribution in [0.4, 0.5) is 0 Å². The minimum atomic E-state index is -3.04. The van der Waals surface area contributed by atoms with Crippen molar-refractivity contribution in [1.29, 1.82) is 0 Å². The highest BCUT2D eigenvalue weighted by Crippen LogP contribution is 2.21. The van der Waals surface area contributed by atoms with Gasteiger partial charge in [-0.25, -0.2) is 8.42 Å². The van der Waals surface area contributed by atoms with Gasteiger partial charge >= 0.3 is 0 Å². The lowest BCUT2D eigenvalue weighted by atomic mass is 10.2. The van der Waals surface area contributed by atoms with Crippen LogP contribution in [0, 0.1) is 0 Å². The van der Waals surface area contributed by atoms with Gasteiger partial charge in [0.25, 0.3) is 0 Å². The standard InChI is InChI=1S/C11H16N4O3S/c1-19(16,17)7-4-9(15-5-2-3-6-15)11-13-10(8-12)14-18-11/h2-3,5-6,9H,4,7-8,12H2,1H3/t9-/m0/s1. The molecule has 7 nitrogen and oxygen atoms in total. The summed E-state index contributed by atoms with van der Waals surface area (Å²) < 4.78 is 29.6. The molecule has 0 aliphatic rings. The summed E-state index contributed by atoms with van der Waals surface area (Å²) in [7, 11) is -3.04.